The van der Waals surface area contributed by atoms with E-state index < -0.39 is 5.60 Å². The molecule has 1 aromatic carbocycles. The van der Waals surface area contributed by atoms with E-state index in [0.29, 0.717) is 0 Å². The number of rotatable bonds is 3. The van der Waals surface area contributed by atoms with Gasteiger partial charge in [0.25, 0.3) is 0 Å². The van der Waals surface area contributed by atoms with Gasteiger partial charge in [0, 0.05) is 19.6 Å². The highest BCUT2D eigenvalue weighted by molar-refractivity contribution is 5.22. The number of nitrogens with zero attached hydrogens (tertiary/aromatic N) is 1. The predicted octanol–water partition coefficient (Wildman–Crippen LogP) is 3.12. The maximum Gasteiger partial charge on any atom is 0.0995 e. The fourth-order valence-electron chi connectivity index (χ4n) is 3.37. The van der Waals surface area contributed by atoms with E-state index in [1.54, 1.807) is 0 Å². The number of aliphatic hydroxyl groups is 1. The fraction of sp³-hybridized carbons (Fsp3) is 0.529. The minimum absolute atomic E-state index is 0.546. The van der Waals surface area contributed by atoms with Gasteiger partial charge in [-0.15, -0.1) is 0 Å². The number of benzene rings is 1. The first-order chi connectivity index (χ1) is 9.26. The van der Waals surface area contributed by atoms with E-state index in [-0.39, 0.29) is 0 Å². The summed E-state index contributed by atoms with van der Waals surface area (Å²) in [5.41, 5.74) is 2.09. The highest BCUT2D eigenvalue weighted by atomic mass is 16.3. The third kappa shape index (κ3) is 2.90. The summed E-state index contributed by atoms with van der Waals surface area (Å²) in [5.74, 6) is 0. The lowest BCUT2D eigenvalue weighted by Gasteiger charge is -2.29. The van der Waals surface area contributed by atoms with E-state index in [4.69, 9.17) is 0 Å². The van der Waals surface area contributed by atoms with Crippen LogP contribution in [0.25, 0.3) is 0 Å². The van der Waals surface area contributed by atoms with Gasteiger partial charge in [-0.3, -0.25) is 4.90 Å². The second-order valence-corrected chi connectivity index (χ2v) is 5.95. The van der Waals surface area contributed by atoms with Gasteiger partial charge in [0.1, 0.15) is 0 Å². The molecule has 19 heavy (non-hydrogen) atoms. The Bertz CT molecular complexity index is 454. The molecule has 3 rings (SSSR count). The number of likely N-dealkylation sites (tertiary alicyclic amines) is 1. The topological polar surface area (TPSA) is 23.5 Å². The molecule has 1 atom stereocenters. The Morgan fingerprint density at radius 3 is 2.74 bits per heavy atom. The summed E-state index contributed by atoms with van der Waals surface area (Å²) in [6.07, 6.45) is 7.95. The molecule has 1 N–H and O–H groups in total. The lowest BCUT2D eigenvalue weighted by Crippen LogP contribution is -2.35. The van der Waals surface area contributed by atoms with Crippen LogP contribution in [-0.4, -0.2) is 28.7 Å². The zero-order chi connectivity index (χ0) is 13.1. The molecular weight excluding hydrogens is 234 g/mol. The summed E-state index contributed by atoms with van der Waals surface area (Å²) in [6.45, 7) is 2.76. The van der Waals surface area contributed by atoms with Gasteiger partial charge in [-0.1, -0.05) is 36.4 Å². The Morgan fingerprint density at radius 1 is 1.16 bits per heavy atom. The maximum atomic E-state index is 10.9. The molecule has 2 aliphatic rings. The third-order valence-corrected chi connectivity index (χ3v) is 4.46. The van der Waals surface area contributed by atoms with E-state index >= 15 is 0 Å². The second kappa shape index (κ2) is 5.48. The monoisotopic (exact) mass is 257 g/mol. The van der Waals surface area contributed by atoms with Crippen LogP contribution in [0.4, 0.5) is 0 Å². The summed E-state index contributed by atoms with van der Waals surface area (Å²) in [6, 6.07) is 10.5. The van der Waals surface area contributed by atoms with E-state index in [2.05, 4.69) is 41.3 Å². The maximum absolute atomic E-state index is 10.9. The minimum atomic E-state index is -0.546. The Hall–Kier alpha value is -1.12. The largest absolute Gasteiger partial charge is 0.384 e. The average molecular weight is 257 g/mol. The van der Waals surface area contributed by atoms with Crippen LogP contribution in [0.1, 0.15) is 37.7 Å². The molecule has 0 radical (unpaired) electrons. The summed E-state index contributed by atoms with van der Waals surface area (Å²) >= 11 is 0. The molecule has 1 fully saturated rings. The average Bonchev–Trinajstić information content (AvgIpc) is 2.84. The molecule has 1 heterocycles. The molecule has 1 aromatic rings. The molecule has 102 valence electrons. The van der Waals surface area contributed by atoms with Crippen molar-refractivity contribution in [2.45, 2.75) is 44.2 Å². The van der Waals surface area contributed by atoms with Crippen molar-refractivity contribution in [2.24, 2.45) is 0 Å². The molecule has 2 nitrogen and oxygen atoms in total. The summed E-state index contributed by atoms with van der Waals surface area (Å²) < 4.78 is 0. The summed E-state index contributed by atoms with van der Waals surface area (Å²) in [4.78, 5) is 2.38. The molecule has 1 saturated heterocycles. The van der Waals surface area contributed by atoms with Crippen LogP contribution in [0.3, 0.4) is 0 Å². The van der Waals surface area contributed by atoms with Crippen molar-refractivity contribution in [3.63, 3.8) is 0 Å². The first kappa shape index (κ1) is 12.9. The SMILES string of the molecule is OC1(C2=CCCCC2)CCN(Cc2ccccc2)C1. The first-order valence-corrected chi connectivity index (χ1v) is 7.44. The number of β-amino-alcohol motifs (C(OH)–C–C–N with tert-alkyl or cyclic N) is 1. The van der Waals surface area contributed by atoms with Crippen LogP contribution in [0, 0.1) is 0 Å². The lowest BCUT2D eigenvalue weighted by molar-refractivity contribution is 0.0798. The predicted molar refractivity (Wildman–Crippen MR) is 77.8 cm³/mol. The zero-order valence-electron chi connectivity index (χ0n) is 11.5. The van der Waals surface area contributed by atoms with Gasteiger partial charge in [-0.05, 0) is 43.2 Å². The lowest BCUT2D eigenvalue weighted by atomic mass is 9.85. The van der Waals surface area contributed by atoms with Gasteiger partial charge >= 0.3 is 0 Å². The van der Waals surface area contributed by atoms with Crippen molar-refractivity contribution >= 4 is 0 Å². The van der Waals surface area contributed by atoms with Crippen LogP contribution in [-0.2, 0) is 6.54 Å². The van der Waals surface area contributed by atoms with E-state index in [9.17, 15) is 5.11 Å². The van der Waals surface area contributed by atoms with Crippen LogP contribution < -0.4 is 0 Å². The Kier molecular flexibility index (Phi) is 3.72. The first-order valence-electron chi connectivity index (χ1n) is 7.44. The third-order valence-electron chi connectivity index (χ3n) is 4.46. The fourth-order valence-corrected chi connectivity index (χ4v) is 3.37. The molecule has 0 saturated carbocycles. The minimum Gasteiger partial charge on any atom is -0.384 e. The second-order valence-electron chi connectivity index (χ2n) is 5.95. The number of hydrogen-bond acceptors (Lipinski definition) is 2. The van der Waals surface area contributed by atoms with Crippen molar-refractivity contribution in [1.82, 2.24) is 4.90 Å². The standard InChI is InChI=1S/C17H23NO/c19-17(16-9-5-2-6-10-16)11-12-18(14-17)13-15-7-3-1-4-8-15/h1,3-4,7-9,19H,2,5-6,10-14H2. The van der Waals surface area contributed by atoms with Crippen molar-refractivity contribution in [3.8, 4) is 0 Å². The molecule has 0 bridgehead atoms. The van der Waals surface area contributed by atoms with Crippen LogP contribution >= 0.6 is 0 Å². The smallest absolute Gasteiger partial charge is 0.0995 e. The number of hydrogen-bond donors (Lipinski definition) is 1. The highest BCUT2D eigenvalue weighted by Gasteiger charge is 2.39. The van der Waals surface area contributed by atoms with Gasteiger partial charge in [-0.25, -0.2) is 0 Å². The van der Waals surface area contributed by atoms with Crippen LogP contribution in [0.15, 0.2) is 42.0 Å². The van der Waals surface area contributed by atoms with Gasteiger partial charge in [0.05, 0.1) is 5.60 Å². The van der Waals surface area contributed by atoms with Crippen molar-refractivity contribution in [1.29, 1.82) is 0 Å². The highest BCUT2D eigenvalue weighted by Crippen LogP contribution is 2.35. The summed E-state index contributed by atoms with van der Waals surface area (Å²) in [7, 11) is 0. The zero-order valence-corrected chi connectivity index (χ0v) is 11.5. The van der Waals surface area contributed by atoms with Crippen LogP contribution in [0.2, 0.25) is 0 Å². The van der Waals surface area contributed by atoms with Crippen molar-refractivity contribution < 1.29 is 5.11 Å². The molecule has 0 amide bonds. The van der Waals surface area contributed by atoms with Gasteiger partial charge < -0.3 is 5.11 Å². The van der Waals surface area contributed by atoms with E-state index in [1.807, 2.05) is 0 Å². The molecule has 2 heteroatoms. The molecular formula is C17H23NO. The van der Waals surface area contributed by atoms with E-state index in [1.165, 1.54) is 24.0 Å². The number of allylic oxidation sites excluding steroid dienone is 1. The Morgan fingerprint density at radius 2 is 2.00 bits per heavy atom. The summed E-state index contributed by atoms with van der Waals surface area (Å²) in [5, 5.41) is 10.9. The molecule has 1 aliphatic carbocycles. The van der Waals surface area contributed by atoms with E-state index in [0.717, 1.165) is 38.9 Å². The van der Waals surface area contributed by atoms with Gasteiger partial charge in [0.2, 0.25) is 0 Å². The normalized spacial score (nSPS) is 28.4. The molecule has 0 aromatic heterocycles. The molecule has 1 aliphatic heterocycles. The quantitative estimate of drug-likeness (QED) is 0.841. The Balaban J connectivity index is 1.65. The van der Waals surface area contributed by atoms with Crippen molar-refractivity contribution in [2.75, 3.05) is 13.1 Å². The van der Waals surface area contributed by atoms with Crippen molar-refractivity contribution in [3.05, 3.63) is 47.5 Å². The van der Waals surface area contributed by atoms with Gasteiger partial charge in [0.15, 0.2) is 0 Å². The van der Waals surface area contributed by atoms with Crippen LogP contribution in [0.5, 0.6) is 0 Å². The Labute approximate surface area is 115 Å². The molecule has 1 unspecified atom stereocenters. The van der Waals surface area contributed by atoms with Gasteiger partial charge in [-0.2, -0.15) is 0 Å². The molecule has 0 spiro atoms.